The fraction of sp³-hybridized carbons (Fsp3) is 0.190. The lowest BCUT2D eigenvalue weighted by Gasteiger charge is -2.06. The summed E-state index contributed by atoms with van der Waals surface area (Å²) in [7, 11) is 0. The molecule has 0 fully saturated rings. The Morgan fingerprint density at radius 3 is 2.70 bits per heavy atom. The van der Waals surface area contributed by atoms with Gasteiger partial charge < -0.3 is 19.5 Å². The molecule has 8 nitrogen and oxygen atoms in total. The van der Waals surface area contributed by atoms with E-state index in [0.29, 0.717) is 40.2 Å². The lowest BCUT2D eigenvalue weighted by molar-refractivity contribution is -0.115. The molecular weight excluding hydrogens is 406 g/mol. The van der Waals surface area contributed by atoms with Gasteiger partial charge in [0.1, 0.15) is 5.75 Å². The van der Waals surface area contributed by atoms with Crippen LogP contribution >= 0.6 is 11.3 Å². The van der Waals surface area contributed by atoms with Crippen molar-refractivity contribution in [3.8, 4) is 17.2 Å². The van der Waals surface area contributed by atoms with Crippen LogP contribution in [0.5, 0.6) is 17.2 Å². The Labute approximate surface area is 176 Å². The third-order valence-corrected chi connectivity index (χ3v) is 5.00. The van der Waals surface area contributed by atoms with Gasteiger partial charge in [0.15, 0.2) is 16.6 Å². The number of nitrogens with zero attached hydrogens (tertiary/aromatic N) is 1. The van der Waals surface area contributed by atoms with E-state index in [1.807, 2.05) is 6.92 Å². The number of carbonyl (C=O) groups is 2. The molecule has 0 aliphatic carbocycles. The molecule has 1 aliphatic heterocycles. The van der Waals surface area contributed by atoms with Crippen LogP contribution in [0.4, 0.5) is 10.8 Å². The molecule has 0 spiro atoms. The first kappa shape index (κ1) is 19.7. The molecule has 0 bridgehead atoms. The lowest BCUT2D eigenvalue weighted by atomic mass is 10.2. The van der Waals surface area contributed by atoms with Crippen LogP contribution in [0, 0.1) is 0 Å². The molecule has 2 aromatic carbocycles. The van der Waals surface area contributed by atoms with Gasteiger partial charge in [-0.05, 0) is 49.4 Å². The van der Waals surface area contributed by atoms with Gasteiger partial charge in [0.25, 0.3) is 5.91 Å². The van der Waals surface area contributed by atoms with Crippen molar-refractivity contribution in [1.29, 1.82) is 0 Å². The first-order valence-electron chi connectivity index (χ1n) is 9.29. The molecule has 9 heteroatoms. The van der Waals surface area contributed by atoms with E-state index in [9.17, 15) is 9.59 Å². The fourth-order valence-electron chi connectivity index (χ4n) is 2.82. The number of anilines is 2. The highest BCUT2D eigenvalue weighted by molar-refractivity contribution is 7.14. The van der Waals surface area contributed by atoms with E-state index in [1.165, 1.54) is 11.3 Å². The van der Waals surface area contributed by atoms with E-state index < -0.39 is 0 Å². The van der Waals surface area contributed by atoms with Crippen molar-refractivity contribution in [2.75, 3.05) is 24.0 Å². The molecule has 3 aromatic rings. The summed E-state index contributed by atoms with van der Waals surface area (Å²) in [6.45, 7) is 2.65. The minimum Gasteiger partial charge on any atom is -0.494 e. The number of carbonyl (C=O) groups excluding carboxylic acids is 2. The zero-order valence-corrected chi connectivity index (χ0v) is 17.0. The van der Waals surface area contributed by atoms with Gasteiger partial charge in [-0.1, -0.05) is 0 Å². The number of hydrogen-bond donors (Lipinski definition) is 2. The number of ether oxygens (including phenoxy) is 3. The minimum absolute atomic E-state index is 0.101. The predicted octanol–water partition coefficient (Wildman–Crippen LogP) is 3.70. The molecule has 0 saturated heterocycles. The maximum atomic E-state index is 12.4. The molecule has 0 radical (unpaired) electrons. The van der Waals surface area contributed by atoms with Crippen molar-refractivity contribution in [1.82, 2.24) is 4.98 Å². The molecule has 1 aromatic heterocycles. The average Bonchev–Trinajstić information content (AvgIpc) is 3.38. The molecule has 0 unspecified atom stereocenters. The third kappa shape index (κ3) is 4.69. The zero-order chi connectivity index (χ0) is 20.9. The lowest BCUT2D eigenvalue weighted by Crippen LogP contribution is -2.15. The molecule has 2 heterocycles. The summed E-state index contributed by atoms with van der Waals surface area (Å²) >= 11 is 1.26. The second-order valence-corrected chi connectivity index (χ2v) is 7.21. The summed E-state index contributed by atoms with van der Waals surface area (Å²) in [5, 5.41) is 7.72. The second kappa shape index (κ2) is 8.83. The van der Waals surface area contributed by atoms with Crippen LogP contribution in [0.3, 0.4) is 0 Å². The minimum atomic E-state index is -0.312. The number of amides is 2. The molecule has 154 valence electrons. The van der Waals surface area contributed by atoms with Crippen LogP contribution in [-0.4, -0.2) is 30.2 Å². The van der Waals surface area contributed by atoms with E-state index >= 15 is 0 Å². The summed E-state index contributed by atoms with van der Waals surface area (Å²) in [6, 6.07) is 12.1. The molecule has 2 N–H and O–H groups in total. The first-order chi connectivity index (χ1) is 14.6. The summed E-state index contributed by atoms with van der Waals surface area (Å²) in [6.07, 6.45) is 0.101. The molecule has 1 aliphatic rings. The first-order valence-corrected chi connectivity index (χ1v) is 10.2. The van der Waals surface area contributed by atoms with Crippen LogP contribution in [0.1, 0.15) is 23.0 Å². The highest BCUT2D eigenvalue weighted by atomic mass is 32.1. The zero-order valence-electron chi connectivity index (χ0n) is 16.1. The van der Waals surface area contributed by atoms with Gasteiger partial charge in [0.2, 0.25) is 12.7 Å². The highest BCUT2D eigenvalue weighted by Gasteiger charge is 2.17. The summed E-state index contributed by atoms with van der Waals surface area (Å²) in [5.41, 5.74) is 1.68. The number of benzene rings is 2. The number of nitrogens with one attached hydrogen (secondary N) is 2. The van der Waals surface area contributed by atoms with Gasteiger partial charge in [0, 0.05) is 16.6 Å². The smallest absolute Gasteiger partial charge is 0.257 e. The Bertz CT molecular complexity index is 1060. The van der Waals surface area contributed by atoms with Crippen molar-refractivity contribution in [2.45, 2.75) is 13.3 Å². The van der Waals surface area contributed by atoms with Crippen molar-refractivity contribution >= 4 is 34.0 Å². The number of thiazole rings is 1. The van der Waals surface area contributed by atoms with Gasteiger partial charge in [-0.3, -0.25) is 14.9 Å². The van der Waals surface area contributed by atoms with Crippen LogP contribution in [0.25, 0.3) is 0 Å². The fourth-order valence-corrected chi connectivity index (χ4v) is 3.53. The largest absolute Gasteiger partial charge is 0.494 e. The maximum Gasteiger partial charge on any atom is 0.257 e. The van der Waals surface area contributed by atoms with Gasteiger partial charge in [-0.2, -0.15) is 0 Å². The molecule has 4 rings (SSSR count). The topological polar surface area (TPSA) is 98.8 Å². The number of aromatic nitrogens is 1. The van der Waals surface area contributed by atoms with Crippen LogP contribution in [0.2, 0.25) is 0 Å². The van der Waals surface area contributed by atoms with Crippen molar-refractivity contribution in [2.24, 2.45) is 0 Å². The van der Waals surface area contributed by atoms with Crippen LogP contribution in [-0.2, 0) is 11.2 Å². The van der Waals surface area contributed by atoms with E-state index in [0.717, 1.165) is 5.75 Å². The molecule has 0 saturated carbocycles. The number of hydrogen-bond acceptors (Lipinski definition) is 7. The monoisotopic (exact) mass is 425 g/mol. The average molecular weight is 425 g/mol. The Morgan fingerprint density at radius 2 is 1.90 bits per heavy atom. The van der Waals surface area contributed by atoms with Crippen molar-refractivity contribution < 1.29 is 23.8 Å². The molecule has 0 atom stereocenters. The molecule has 2 amide bonds. The predicted molar refractivity (Wildman–Crippen MR) is 113 cm³/mol. The molecule has 30 heavy (non-hydrogen) atoms. The summed E-state index contributed by atoms with van der Waals surface area (Å²) in [5.74, 6) is 1.39. The van der Waals surface area contributed by atoms with Crippen molar-refractivity contribution in [3.05, 3.63) is 59.1 Å². The van der Waals surface area contributed by atoms with Crippen molar-refractivity contribution in [3.63, 3.8) is 0 Å². The summed E-state index contributed by atoms with van der Waals surface area (Å²) in [4.78, 5) is 29.0. The third-order valence-electron chi connectivity index (χ3n) is 4.20. The number of rotatable bonds is 7. The quantitative estimate of drug-likeness (QED) is 0.599. The Kier molecular flexibility index (Phi) is 5.80. The number of fused-ring (bicyclic) bond motifs is 1. The van der Waals surface area contributed by atoms with Crippen LogP contribution in [0.15, 0.2) is 47.8 Å². The highest BCUT2D eigenvalue weighted by Crippen LogP contribution is 2.32. The van der Waals surface area contributed by atoms with Gasteiger partial charge in [-0.25, -0.2) is 4.98 Å². The Balaban J connectivity index is 1.32. The normalized spacial score (nSPS) is 11.8. The van der Waals surface area contributed by atoms with Gasteiger partial charge in [0.05, 0.1) is 18.7 Å². The van der Waals surface area contributed by atoms with Crippen LogP contribution < -0.4 is 24.8 Å². The van der Waals surface area contributed by atoms with E-state index in [4.69, 9.17) is 14.2 Å². The maximum absolute atomic E-state index is 12.4. The van der Waals surface area contributed by atoms with E-state index in [2.05, 4.69) is 15.6 Å². The second-order valence-electron chi connectivity index (χ2n) is 6.35. The van der Waals surface area contributed by atoms with Gasteiger partial charge in [-0.15, -0.1) is 11.3 Å². The standard InChI is InChI=1S/C21H19N3O5S/c1-2-27-16-6-4-14(5-7-16)22-19(25)10-15-11-30-21(23-15)24-20(26)13-3-8-17-18(9-13)29-12-28-17/h3-9,11H,2,10,12H2,1H3,(H,22,25)(H,23,24,26). The summed E-state index contributed by atoms with van der Waals surface area (Å²) < 4.78 is 15.9. The van der Waals surface area contributed by atoms with E-state index in [-0.39, 0.29) is 25.0 Å². The Hall–Kier alpha value is -3.59. The SMILES string of the molecule is CCOc1ccc(NC(=O)Cc2csc(NC(=O)c3ccc4c(c3)OCO4)n2)cc1. The van der Waals surface area contributed by atoms with Gasteiger partial charge >= 0.3 is 0 Å². The molecular formula is C21H19N3O5S. The Morgan fingerprint density at radius 1 is 1.10 bits per heavy atom. The van der Waals surface area contributed by atoms with E-state index in [1.54, 1.807) is 47.8 Å².